The molecule has 0 unspecified atom stereocenters. The predicted molar refractivity (Wildman–Crippen MR) is 76.9 cm³/mol. The minimum Gasteiger partial charge on any atom is -0.342 e. The Bertz CT molecular complexity index is 688. The van der Waals surface area contributed by atoms with Crippen LogP contribution in [0.4, 0.5) is 0 Å². The van der Waals surface area contributed by atoms with Crippen molar-refractivity contribution in [2.45, 2.75) is 11.8 Å². The Morgan fingerprint density at radius 2 is 2.14 bits per heavy atom. The Balaban J connectivity index is 2.26. The molecule has 1 saturated heterocycles. The standard InChI is InChI=1S/C14H17N3O3S/c1-3-16(2)14(18)12-5-4-6-13(7-12)21(19,20)17-9-11(8-15)10-17/h4-7,11H,3,9-10H2,1-2H3. The monoisotopic (exact) mass is 307 g/mol. The van der Waals surface area contributed by atoms with Crippen molar-refractivity contribution in [1.29, 1.82) is 5.26 Å². The van der Waals surface area contributed by atoms with E-state index in [-0.39, 0.29) is 29.8 Å². The smallest absolute Gasteiger partial charge is 0.253 e. The van der Waals surface area contributed by atoms with Crippen LogP contribution in [-0.4, -0.2) is 50.2 Å². The number of amides is 1. The summed E-state index contributed by atoms with van der Waals surface area (Å²) in [6.07, 6.45) is 0. The van der Waals surface area contributed by atoms with E-state index in [0.29, 0.717) is 12.1 Å². The van der Waals surface area contributed by atoms with Gasteiger partial charge in [-0.15, -0.1) is 0 Å². The number of rotatable bonds is 4. The summed E-state index contributed by atoms with van der Waals surface area (Å²) in [6, 6.07) is 8.06. The van der Waals surface area contributed by atoms with Gasteiger partial charge in [0, 0.05) is 32.2 Å². The van der Waals surface area contributed by atoms with Crippen molar-refractivity contribution in [2.24, 2.45) is 5.92 Å². The highest BCUT2D eigenvalue weighted by atomic mass is 32.2. The lowest BCUT2D eigenvalue weighted by Crippen LogP contribution is -2.49. The van der Waals surface area contributed by atoms with Crippen LogP contribution in [-0.2, 0) is 10.0 Å². The fourth-order valence-electron chi connectivity index (χ4n) is 2.02. The van der Waals surface area contributed by atoms with E-state index in [0.717, 1.165) is 0 Å². The first kappa shape index (κ1) is 15.5. The van der Waals surface area contributed by atoms with Crippen LogP contribution in [0.3, 0.4) is 0 Å². The van der Waals surface area contributed by atoms with Gasteiger partial charge in [-0.2, -0.15) is 9.57 Å². The summed E-state index contributed by atoms with van der Waals surface area (Å²) in [5.41, 5.74) is 0.345. The molecule has 0 saturated carbocycles. The van der Waals surface area contributed by atoms with Gasteiger partial charge in [-0.1, -0.05) is 6.07 Å². The van der Waals surface area contributed by atoms with Crippen molar-refractivity contribution in [3.8, 4) is 6.07 Å². The molecule has 0 radical (unpaired) electrons. The average molecular weight is 307 g/mol. The van der Waals surface area contributed by atoms with Crippen molar-refractivity contribution in [3.05, 3.63) is 29.8 Å². The molecule has 1 heterocycles. The van der Waals surface area contributed by atoms with Crippen molar-refractivity contribution in [2.75, 3.05) is 26.7 Å². The lowest BCUT2D eigenvalue weighted by Gasteiger charge is -2.34. The van der Waals surface area contributed by atoms with E-state index in [2.05, 4.69) is 0 Å². The molecule has 1 aliphatic heterocycles. The number of nitrogens with zero attached hydrogens (tertiary/aromatic N) is 3. The molecule has 0 N–H and O–H groups in total. The van der Waals surface area contributed by atoms with Gasteiger partial charge < -0.3 is 4.90 Å². The summed E-state index contributed by atoms with van der Waals surface area (Å²) in [6.45, 7) is 2.82. The SMILES string of the molecule is CCN(C)C(=O)c1cccc(S(=O)(=O)N2CC(C#N)C2)c1. The van der Waals surface area contributed by atoms with Gasteiger partial charge >= 0.3 is 0 Å². The molecule has 1 amide bonds. The normalized spacial score (nSPS) is 16.0. The Kier molecular flexibility index (Phi) is 4.30. The summed E-state index contributed by atoms with van der Waals surface area (Å²) in [5, 5.41) is 8.72. The van der Waals surface area contributed by atoms with Gasteiger partial charge in [0.1, 0.15) is 0 Å². The first-order valence-corrected chi connectivity index (χ1v) is 8.09. The van der Waals surface area contributed by atoms with E-state index in [4.69, 9.17) is 5.26 Å². The summed E-state index contributed by atoms with van der Waals surface area (Å²) in [5.74, 6) is -0.455. The van der Waals surface area contributed by atoms with Gasteiger partial charge in [0.15, 0.2) is 0 Å². The van der Waals surface area contributed by atoms with Crippen LogP contribution in [0.5, 0.6) is 0 Å². The number of carbonyl (C=O) groups excluding carboxylic acids is 1. The highest BCUT2D eigenvalue weighted by molar-refractivity contribution is 7.89. The fourth-order valence-corrected chi connectivity index (χ4v) is 3.60. The lowest BCUT2D eigenvalue weighted by molar-refractivity contribution is 0.0802. The summed E-state index contributed by atoms with van der Waals surface area (Å²) >= 11 is 0. The molecule has 1 aromatic carbocycles. The zero-order valence-corrected chi connectivity index (χ0v) is 12.8. The van der Waals surface area contributed by atoms with E-state index in [1.54, 1.807) is 19.2 Å². The van der Waals surface area contributed by atoms with Crippen LogP contribution < -0.4 is 0 Å². The van der Waals surface area contributed by atoms with Gasteiger partial charge in [0.05, 0.1) is 16.9 Å². The molecular weight excluding hydrogens is 290 g/mol. The predicted octanol–water partition coefficient (Wildman–Crippen LogP) is 0.923. The molecule has 1 fully saturated rings. The van der Waals surface area contributed by atoms with Crippen LogP contribution in [0.15, 0.2) is 29.2 Å². The first-order valence-electron chi connectivity index (χ1n) is 6.65. The molecule has 0 spiro atoms. The molecule has 112 valence electrons. The third kappa shape index (κ3) is 2.91. The quantitative estimate of drug-likeness (QED) is 0.828. The Morgan fingerprint density at radius 1 is 1.48 bits per heavy atom. The van der Waals surface area contributed by atoms with E-state index in [1.807, 2.05) is 13.0 Å². The van der Waals surface area contributed by atoms with E-state index in [1.165, 1.54) is 21.3 Å². The van der Waals surface area contributed by atoms with Crippen LogP contribution in [0.1, 0.15) is 17.3 Å². The summed E-state index contributed by atoms with van der Waals surface area (Å²) < 4.78 is 26.0. The molecule has 0 atom stereocenters. The summed E-state index contributed by atoms with van der Waals surface area (Å²) in [4.78, 5) is 13.7. The third-order valence-electron chi connectivity index (χ3n) is 3.57. The van der Waals surface area contributed by atoms with Gasteiger partial charge in [-0.25, -0.2) is 8.42 Å². The third-order valence-corrected chi connectivity index (χ3v) is 5.40. The molecule has 21 heavy (non-hydrogen) atoms. The van der Waals surface area contributed by atoms with Crippen molar-refractivity contribution in [3.63, 3.8) is 0 Å². The molecule has 6 nitrogen and oxygen atoms in total. The minimum atomic E-state index is -3.62. The maximum Gasteiger partial charge on any atom is 0.253 e. The Hall–Kier alpha value is -1.91. The highest BCUT2D eigenvalue weighted by Crippen LogP contribution is 2.25. The van der Waals surface area contributed by atoms with Crippen LogP contribution in [0.2, 0.25) is 0 Å². The maximum absolute atomic E-state index is 12.4. The van der Waals surface area contributed by atoms with Crippen LogP contribution >= 0.6 is 0 Å². The van der Waals surface area contributed by atoms with Crippen molar-refractivity contribution in [1.82, 2.24) is 9.21 Å². The maximum atomic E-state index is 12.4. The molecule has 0 bridgehead atoms. The number of carbonyl (C=O) groups is 1. The van der Waals surface area contributed by atoms with Crippen molar-refractivity contribution < 1.29 is 13.2 Å². The van der Waals surface area contributed by atoms with Crippen LogP contribution in [0, 0.1) is 17.2 Å². The topological polar surface area (TPSA) is 81.5 Å². The second-order valence-electron chi connectivity index (χ2n) is 5.00. The number of hydrogen-bond donors (Lipinski definition) is 0. The number of benzene rings is 1. The zero-order valence-electron chi connectivity index (χ0n) is 12.0. The van der Waals surface area contributed by atoms with E-state index >= 15 is 0 Å². The largest absolute Gasteiger partial charge is 0.342 e. The van der Waals surface area contributed by atoms with E-state index in [9.17, 15) is 13.2 Å². The molecule has 1 aromatic rings. The Labute approximate surface area is 124 Å². The van der Waals surface area contributed by atoms with Gasteiger partial charge in [0.2, 0.25) is 10.0 Å². The molecule has 0 aromatic heterocycles. The van der Waals surface area contributed by atoms with Gasteiger partial charge in [-0.3, -0.25) is 4.79 Å². The number of sulfonamides is 1. The second kappa shape index (κ2) is 5.84. The fraction of sp³-hybridized carbons (Fsp3) is 0.429. The first-order chi connectivity index (χ1) is 9.90. The molecular formula is C14H17N3O3S. The minimum absolute atomic E-state index is 0.0919. The average Bonchev–Trinajstić information content (AvgIpc) is 2.44. The molecule has 7 heteroatoms. The number of nitriles is 1. The van der Waals surface area contributed by atoms with E-state index < -0.39 is 10.0 Å². The highest BCUT2D eigenvalue weighted by Gasteiger charge is 2.36. The Morgan fingerprint density at radius 3 is 2.71 bits per heavy atom. The van der Waals surface area contributed by atoms with Crippen LogP contribution in [0.25, 0.3) is 0 Å². The zero-order chi connectivity index (χ0) is 15.6. The molecule has 1 aliphatic rings. The molecule has 0 aliphatic carbocycles. The molecule has 2 rings (SSSR count). The lowest BCUT2D eigenvalue weighted by atomic mass is 10.1. The second-order valence-corrected chi connectivity index (χ2v) is 6.93. The van der Waals surface area contributed by atoms with Gasteiger partial charge in [0.25, 0.3) is 5.91 Å². The van der Waals surface area contributed by atoms with Gasteiger partial charge in [-0.05, 0) is 25.1 Å². The van der Waals surface area contributed by atoms with Crippen molar-refractivity contribution >= 4 is 15.9 Å². The summed E-state index contributed by atoms with van der Waals surface area (Å²) in [7, 11) is -1.96. The number of hydrogen-bond acceptors (Lipinski definition) is 4.